The molecule has 1 aliphatic heterocycles. The molecule has 1 aromatic heterocycles. The zero-order valence-electron chi connectivity index (χ0n) is 13.8. The van der Waals surface area contributed by atoms with Crippen molar-refractivity contribution in [2.45, 2.75) is 19.3 Å². The third-order valence-corrected chi connectivity index (χ3v) is 4.74. The van der Waals surface area contributed by atoms with Crippen LogP contribution in [0.5, 0.6) is 0 Å². The molecule has 1 fully saturated rings. The van der Waals surface area contributed by atoms with E-state index in [-0.39, 0.29) is 35.8 Å². The topological polar surface area (TPSA) is 101 Å². The van der Waals surface area contributed by atoms with Gasteiger partial charge in [-0.05, 0) is 31.2 Å². The van der Waals surface area contributed by atoms with Crippen LogP contribution in [0, 0.1) is 5.82 Å². The molecule has 10 heteroatoms. The number of benzene rings is 1. The van der Waals surface area contributed by atoms with Gasteiger partial charge >= 0.3 is 11.9 Å². The van der Waals surface area contributed by atoms with Crippen LogP contribution in [0.3, 0.4) is 0 Å². The predicted octanol–water partition coefficient (Wildman–Crippen LogP) is 1.70. The number of rotatable bonds is 4. The fourth-order valence-corrected chi connectivity index (χ4v) is 3.37. The minimum absolute atomic E-state index is 0.0943. The van der Waals surface area contributed by atoms with E-state index in [1.807, 2.05) is 0 Å². The lowest BCUT2D eigenvalue weighted by molar-refractivity contribution is -0.152. The molecule has 0 bridgehead atoms. The molecule has 1 unspecified atom stereocenters. The van der Waals surface area contributed by atoms with Crippen molar-refractivity contribution in [3.8, 4) is 0 Å². The highest BCUT2D eigenvalue weighted by atomic mass is 32.1. The Kier molecular flexibility index (Phi) is 5.21. The Hall–Kier alpha value is -2.88. The second-order valence-electron chi connectivity index (χ2n) is 5.50. The maximum absolute atomic E-state index is 13.0. The van der Waals surface area contributed by atoms with E-state index in [0.717, 1.165) is 11.3 Å². The van der Waals surface area contributed by atoms with Gasteiger partial charge in [0.25, 0.3) is 0 Å². The Morgan fingerprint density at radius 1 is 1.35 bits per heavy atom. The standard InChI is InChI=1S/C16H15FN4O4S/c1-2-25-15(24)13(23)18-16-20-19-14(26-16)9-7-12(22)21(8-9)11-5-3-10(17)4-6-11/h3-6,9H,2,7-8H2,1H3,(H,18,20,23). The summed E-state index contributed by atoms with van der Waals surface area (Å²) in [5.74, 6) is -2.59. The van der Waals surface area contributed by atoms with Crippen molar-refractivity contribution >= 4 is 39.9 Å². The van der Waals surface area contributed by atoms with Crippen molar-refractivity contribution in [3.05, 3.63) is 35.1 Å². The van der Waals surface area contributed by atoms with Gasteiger partial charge in [-0.2, -0.15) is 0 Å². The minimum Gasteiger partial charge on any atom is -0.459 e. The fraction of sp³-hybridized carbons (Fsp3) is 0.312. The normalized spacial score (nSPS) is 16.6. The largest absolute Gasteiger partial charge is 0.459 e. The smallest absolute Gasteiger partial charge is 0.397 e. The van der Waals surface area contributed by atoms with Crippen LogP contribution in [-0.2, 0) is 19.1 Å². The lowest BCUT2D eigenvalue weighted by Gasteiger charge is -2.16. The van der Waals surface area contributed by atoms with Gasteiger partial charge < -0.3 is 9.64 Å². The summed E-state index contributed by atoms with van der Waals surface area (Å²) in [6.07, 6.45) is 0.234. The van der Waals surface area contributed by atoms with Crippen molar-refractivity contribution in [1.82, 2.24) is 10.2 Å². The van der Waals surface area contributed by atoms with E-state index in [9.17, 15) is 18.8 Å². The number of esters is 1. The molecule has 2 aromatic rings. The first-order valence-electron chi connectivity index (χ1n) is 7.85. The van der Waals surface area contributed by atoms with Gasteiger partial charge in [-0.25, -0.2) is 9.18 Å². The number of anilines is 2. The number of carbonyl (C=O) groups is 3. The molecule has 8 nitrogen and oxygen atoms in total. The number of nitrogens with zero attached hydrogens (tertiary/aromatic N) is 3. The molecule has 3 rings (SSSR count). The van der Waals surface area contributed by atoms with Crippen LogP contribution in [0.1, 0.15) is 24.3 Å². The Morgan fingerprint density at radius 2 is 2.08 bits per heavy atom. The molecule has 2 heterocycles. The molecule has 136 valence electrons. The van der Waals surface area contributed by atoms with Gasteiger partial charge in [0.1, 0.15) is 10.8 Å². The molecular weight excluding hydrogens is 363 g/mol. The molecule has 0 radical (unpaired) electrons. The monoisotopic (exact) mass is 378 g/mol. The molecule has 0 spiro atoms. The SMILES string of the molecule is CCOC(=O)C(=O)Nc1nnc(C2CC(=O)N(c3ccc(F)cc3)C2)s1. The van der Waals surface area contributed by atoms with Crippen LogP contribution in [-0.4, -0.2) is 41.1 Å². The molecule has 0 aliphatic carbocycles. The number of hydrogen-bond acceptors (Lipinski definition) is 7. The summed E-state index contributed by atoms with van der Waals surface area (Å²) < 4.78 is 17.6. The number of aromatic nitrogens is 2. The maximum Gasteiger partial charge on any atom is 0.397 e. The van der Waals surface area contributed by atoms with Gasteiger partial charge in [-0.15, -0.1) is 10.2 Å². The summed E-state index contributed by atoms with van der Waals surface area (Å²) in [6.45, 7) is 2.07. The highest BCUT2D eigenvalue weighted by Crippen LogP contribution is 2.34. The Labute approximate surface area is 152 Å². The summed E-state index contributed by atoms with van der Waals surface area (Å²) in [5, 5.41) is 10.9. The number of hydrogen-bond donors (Lipinski definition) is 1. The number of nitrogens with one attached hydrogen (secondary N) is 1. The molecule has 0 saturated carbocycles. The van der Waals surface area contributed by atoms with Gasteiger partial charge in [0, 0.05) is 24.6 Å². The lowest BCUT2D eigenvalue weighted by atomic mass is 10.1. The van der Waals surface area contributed by atoms with E-state index in [4.69, 9.17) is 0 Å². The van der Waals surface area contributed by atoms with Gasteiger partial charge in [-0.1, -0.05) is 11.3 Å². The van der Waals surface area contributed by atoms with Gasteiger partial charge in [0.05, 0.1) is 6.61 Å². The van der Waals surface area contributed by atoms with Crippen molar-refractivity contribution in [2.24, 2.45) is 0 Å². The van der Waals surface area contributed by atoms with Crippen LogP contribution >= 0.6 is 11.3 Å². The van der Waals surface area contributed by atoms with E-state index < -0.39 is 11.9 Å². The molecule has 26 heavy (non-hydrogen) atoms. The van der Waals surface area contributed by atoms with Crippen molar-refractivity contribution < 1.29 is 23.5 Å². The number of amides is 2. The van der Waals surface area contributed by atoms with E-state index in [0.29, 0.717) is 17.2 Å². The quantitative estimate of drug-likeness (QED) is 0.642. The third kappa shape index (κ3) is 3.85. The number of carbonyl (C=O) groups excluding carboxylic acids is 3. The second-order valence-corrected chi connectivity index (χ2v) is 6.51. The van der Waals surface area contributed by atoms with Gasteiger partial charge in [-0.3, -0.25) is 14.9 Å². The van der Waals surface area contributed by atoms with Crippen LogP contribution in [0.2, 0.25) is 0 Å². The maximum atomic E-state index is 13.0. The fourth-order valence-electron chi connectivity index (χ4n) is 2.54. The Bertz CT molecular complexity index is 839. The van der Waals surface area contributed by atoms with Gasteiger partial charge in [0.2, 0.25) is 11.0 Å². The highest BCUT2D eigenvalue weighted by Gasteiger charge is 2.34. The first kappa shape index (κ1) is 17.9. The summed E-state index contributed by atoms with van der Waals surface area (Å²) in [6, 6.07) is 5.68. The summed E-state index contributed by atoms with van der Waals surface area (Å²) in [7, 11) is 0. The summed E-state index contributed by atoms with van der Waals surface area (Å²) in [4.78, 5) is 36.7. The van der Waals surface area contributed by atoms with Crippen LogP contribution in [0.4, 0.5) is 15.2 Å². The zero-order chi connectivity index (χ0) is 18.7. The molecule has 1 atom stereocenters. The first-order chi connectivity index (χ1) is 12.5. The predicted molar refractivity (Wildman–Crippen MR) is 91.3 cm³/mol. The molecule has 1 aliphatic rings. The number of ether oxygens (including phenoxy) is 1. The van der Waals surface area contributed by atoms with Crippen molar-refractivity contribution in [1.29, 1.82) is 0 Å². The van der Waals surface area contributed by atoms with E-state index >= 15 is 0 Å². The lowest BCUT2D eigenvalue weighted by Crippen LogP contribution is -2.24. The van der Waals surface area contributed by atoms with Crippen LogP contribution in [0.15, 0.2) is 24.3 Å². The van der Waals surface area contributed by atoms with Crippen LogP contribution < -0.4 is 10.2 Å². The van der Waals surface area contributed by atoms with E-state index in [1.165, 1.54) is 12.1 Å². The molecule has 1 N–H and O–H groups in total. The Balaban J connectivity index is 1.66. The molecule has 1 saturated heterocycles. The van der Waals surface area contributed by atoms with Gasteiger partial charge in [0.15, 0.2) is 0 Å². The van der Waals surface area contributed by atoms with E-state index in [1.54, 1.807) is 24.0 Å². The molecular formula is C16H15FN4O4S. The average Bonchev–Trinajstić information content (AvgIpc) is 3.22. The minimum atomic E-state index is -0.997. The van der Waals surface area contributed by atoms with Crippen molar-refractivity contribution in [2.75, 3.05) is 23.4 Å². The van der Waals surface area contributed by atoms with E-state index in [2.05, 4.69) is 20.3 Å². The average molecular weight is 378 g/mol. The summed E-state index contributed by atoms with van der Waals surface area (Å²) in [5.41, 5.74) is 0.610. The number of halogens is 1. The Morgan fingerprint density at radius 3 is 2.77 bits per heavy atom. The first-order valence-corrected chi connectivity index (χ1v) is 8.67. The van der Waals surface area contributed by atoms with Crippen molar-refractivity contribution in [3.63, 3.8) is 0 Å². The molecule has 2 amide bonds. The van der Waals surface area contributed by atoms with Crippen LogP contribution in [0.25, 0.3) is 0 Å². The molecule has 1 aromatic carbocycles. The second kappa shape index (κ2) is 7.56. The summed E-state index contributed by atoms with van der Waals surface area (Å²) >= 11 is 1.09. The highest BCUT2D eigenvalue weighted by molar-refractivity contribution is 7.15. The zero-order valence-corrected chi connectivity index (χ0v) is 14.6. The third-order valence-electron chi connectivity index (χ3n) is 3.73.